The van der Waals surface area contributed by atoms with Gasteiger partial charge in [-0.1, -0.05) is 6.58 Å². The minimum atomic E-state index is 0.447. The first kappa shape index (κ1) is 12.2. The average molecular weight is 266 g/mol. The Morgan fingerprint density at radius 1 is 1.45 bits per heavy atom. The van der Waals surface area contributed by atoms with Crippen molar-refractivity contribution in [1.29, 1.82) is 0 Å². The molecule has 2 N–H and O–H groups in total. The van der Waals surface area contributed by atoms with E-state index in [1.807, 2.05) is 25.1 Å². The Labute approximate surface area is 116 Å². The van der Waals surface area contributed by atoms with Crippen molar-refractivity contribution >= 4 is 11.5 Å². The summed E-state index contributed by atoms with van der Waals surface area (Å²) < 4.78 is 7.64. The van der Waals surface area contributed by atoms with Crippen LogP contribution >= 0.6 is 0 Å². The largest absolute Gasteiger partial charge is 0.454 e. The fourth-order valence-electron chi connectivity index (χ4n) is 2.02. The van der Waals surface area contributed by atoms with E-state index in [-0.39, 0.29) is 0 Å². The minimum absolute atomic E-state index is 0.447. The Bertz CT molecular complexity index is 755. The van der Waals surface area contributed by atoms with Crippen molar-refractivity contribution in [2.75, 3.05) is 5.73 Å². The molecule has 3 aromatic heterocycles. The van der Waals surface area contributed by atoms with E-state index in [4.69, 9.17) is 10.2 Å². The number of anilines is 1. The summed E-state index contributed by atoms with van der Waals surface area (Å²) in [5.41, 5.74) is 8.24. The van der Waals surface area contributed by atoms with E-state index in [9.17, 15) is 0 Å². The van der Waals surface area contributed by atoms with Crippen LogP contribution in [0.5, 0.6) is 0 Å². The molecule has 0 unspecified atom stereocenters. The van der Waals surface area contributed by atoms with Crippen LogP contribution in [0.2, 0.25) is 0 Å². The lowest BCUT2D eigenvalue weighted by atomic mass is 10.2. The summed E-state index contributed by atoms with van der Waals surface area (Å²) >= 11 is 0. The van der Waals surface area contributed by atoms with E-state index in [0.717, 1.165) is 16.9 Å². The van der Waals surface area contributed by atoms with Crippen LogP contribution in [0.3, 0.4) is 0 Å². The Morgan fingerprint density at radius 2 is 2.30 bits per heavy atom. The number of nitrogens with zero attached hydrogens (tertiary/aromatic N) is 3. The Balaban J connectivity index is 1.99. The first-order valence-electron chi connectivity index (χ1n) is 6.15. The molecule has 0 aliphatic carbocycles. The molecule has 0 fully saturated rings. The molecule has 3 rings (SSSR count). The molecule has 0 amide bonds. The highest BCUT2D eigenvalue weighted by molar-refractivity contribution is 5.67. The second-order valence-electron chi connectivity index (χ2n) is 4.52. The van der Waals surface area contributed by atoms with Crippen molar-refractivity contribution in [2.24, 2.45) is 0 Å². The monoisotopic (exact) mass is 266 g/mol. The molecule has 0 spiro atoms. The fraction of sp³-hybridized carbons (Fsp3) is 0.0667. The molecule has 3 heterocycles. The lowest BCUT2D eigenvalue weighted by molar-refractivity contribution is 0.560. The molecular formula is C15H14N4O. The van der Waals surface area contributed by atoms with Crippen LogP contribution in [-0.4, -0.2) is 14.5 Å². The number of hydrogen-bond donors (Lipinski definition) is 1. The third-order valence-corrected chi connectivity index (χ3v) is 3.04. The van der Waals surface area contributed by atoms with Gasteiger partial charge >= 0.3 is 0 Å². The van der Waals surface area contributed by atoms with Crippen molar-refractivity contribution in [3.8, 4) is 11.3 Å². The summed E-state index contributed by atoms with van der Waals surface area (Å²) in [7, 11) is 0. The molecule has 0 saturated heterocycles. The maximum absolute atomic E-state index is 5.90. The summed E-state index contributed by atoms with van der Waals surface area (Å²) in [6.07, 6.45) is 6.81. The first-order chi connectivity index (χ1) is 9.65. The Morgan fingerprint density at radius 3 is 2.95 bits per heavy atom. The molecule has 0 aromatic carbocycles. The number of hydrogen-bond acceptors (Lipinski definition) is 4. The van der Waals surface area contributed by atoms with Crippen molar-refractivity contribution in [1.82, 2.24) is 14.5 Å². The van der Waals surface area contributed by atoms with Gasteiger partial charge in [0.15, 0.2) is 5.76 Å². The van der Waals surface area contributed by atoms with E-state index < -0.39 is 0 Å². The van der Waals surface area contributed by atoms with Gasteiger partial charge in [0.05, 0.1) is 11.9 Å². The highest BCUT2D eigenvalue weighted by Gasteiger charge is 2.13. The third-order valence-electron chi connectivity index (χ3n) is 3.04. The topological polar surface area (TPSA) is 69.9 Å². The van der Waals surface area contributed by atoms with E-state index in [0.29, 0.717) is 17.3 Å². The molecule has 5 heteroatoms. The summed E-state index contributed by atoms with van der Waals surface area (Å²) in [5.74, 6) is 1.92. The Hall–Kier alpha value is -2.82. The minimum Gasteiger partial charge on any atom is -0.454 e. The van der Waals surface area contributed by atoms with Gasteiger partial charge in [0.25, 0.3) is 0 Å². The van der Waals surface area contributed by atoms with Crippen molar-refractivity contribution in [3.05, 3.63) is 61.0 Å². The lowest BCUT2D eigenvalue weighted by Gasteiger charge is -2.04. The van der Waals surface area contributed by atoms with Gasteiger partial charge in [0, 0.05) is 18.0 Å². The van der Waals surface area contributed by atoms with Crippen LogP contribution in [0.25, 0.3) is 17.0 Å². The molecule has 0 radical (unpaired) electrons. The highest BCUT2D eigenvalue weighted by Crippen LogP contribution is 2.29. The van der Waals surface area contributed by atoms with Crippen LogP contribution in [0.1, 0.15) is 11.3 Å². The quantitative estimate of drug-likeness (QED) is 0.791. The zero-order valence-electron chi connectivity index (χ0n) is 11.1. The smallest absolute Gasteiger partial charge is 0.153 e. The number of aryl methyl sites for hydroxylation is 1. The summed E-state index contributed by atoms with van der Waals surface area (Å²) in [6.45, 7) is 6.01. The molecule has 5 nitrogen and oxygen atoms in total. The molecular weight excluding hydrogens is 252 g/mol. The number of pyridine rings is 1. The van der Waals surface area contributed by atoms with Crippen LogP contribution < -0.4 is 5.73 Å². The van der Waals surface area contributed by atoms with Gasteiger partial charge in [0.1, 0.15) is 17.9 Å². The van der Waals surface area contributed by atoms with E-state index in [2.05, 4.69) is 16.5 Å². The molecule has 0 aliphatic rings. The highest BCUT2D eigenvalue weighted by atomic mass is 16.3. The van der Waals surface area contributed by atoms with Gasteiger partial charge in [0.2, 0.25) is 0 Å². The van der Waals surface area contributed by atoms with Gasteiger partial charge in [-0.2, -0.15) is 0 Å². The third kappa shape index (κ3) is 2.09. The maximum Gasteiger partial charge on any atom is 0.153 e. The molecule has 0 atom stereocenters. The van der Waals surface area contributed by atoms with Gasteiger partial charge < -0.3 is 14.7 Å². The SMILES string of the molecule is C=C(c1oc(-c2cccnc2)cc1C)n1cnc(N)c1. The van der Waals surface area contributed by atoms with Crippen LogP contribution in [0.4, 0.5) is 5.82 Å². The second kappa shape index (κ2) is 4.70. The lowest BCUT2D eigenvalue weighted by Crippen LogP contribution is -1.94. The number of nitrogen functional groups attached to an aromatic ring is 1. The molecule has 0 aliphatic heterocycles. The molecule has 3 aromatic rings. The second-order valence-corrected chi connectivity index (χ2v) is 4.52. The summed E-state index contributed by atoms with van der Waals surface area (Å²) in [6, 6.07) is 5.79. The van der Waals surface area contributed by atoms with E-state index >= 15 is 0 Å². The molecule has 0 saturated carbocycles. The van der Waals surface area contributed by atoms with E-state index in [1.54, 1.807) is 29.5 Å². The standard InChI is InChI=1S/C15H14N4O/c1-10-6-13(12-4-3-5-17-7-12)20-15(10)11(2)19-8-14(16)18-9-19/h3-9H,2,16H2,1H3. The normalized spacial score (nSPS) is 10.7. The van der Waals surface area contributed by atoms with Crippen molar-refractivity contribution in [3.63, 3.8) is 0 Å². The van der Waals surface area contributed by atoms with Crippen LogP contribution in [0.15, 0.2) is 54.1 Å². The Kier molecular flexibility index (Phi) is 2.87. The van der Waals surface area contributed by atoms with Crippen LogP contribution in [0, 0.1) is 6.92 Å². The number of nitrogens with two attached hydrogens (primary N) is 1. The molecule has 20 heavy (non-hydrogen) atoms. The number of rotatable bonds is 3. The summed E-state index contributed by atoms with van der Waals surface area (Å²) in [5, 5.41) is 0. The van der Waals surface area contributed by atoms with Gasteiger partial charge in [-0.05, 0) is 30.7 Å². The van der Waals surface area contributed by atoms with Crippen molar-refractivity contribution in [2.45, 2.75) is 6.92 Å². The zero-order chi connectivity index (χ0) is 14.1. The van der Waals surface area contributed by atoms with E-state index in [1.165, 1.54) is 0 Å². The first-order valence-corrected chi connectivity index (χ1v) is 6.15. The number of furan rings is 1. The fourth-order valence-corrected chi connectivity index (χ4v) is 2.02. The summed E-state index contributed by atoms with van der Waals surface area (Å²) in [4.78, 5) is 8.08. The average Bonchev–Trinajstić information content (AvgIpc) is 3.05. The molecule has 100 valence electrons. The van der Waals surface area contributed by atoms with Crippen molar-refractivity contribution < 1.29 is 4.42 Å². The zero-order valence-corrected chi connectivity index (χ0v) is 11.1. The molecule has 0 bridgehead atoms. The van der Waals surface area contributed by atoms with Gasteiger partial charge in [-0.3, -0.25) is 4.98 Å². The predicted molar refractivity (Wildman–Crippen MR) is 77.7 cm³/mol. The van der Waals surface area contributed by atoms with Crippen LogP contribution in [-0.2, 0) is 0 Å². The predicted octanol–water partition coefficient (Wildman–Crippen LogP) is 2.95. The number of aromatic nitrogens is 3. The van der Waals surface area contributed by atoms with Gasteiger partial charge in [-0.25, -0.2) is 4.98 Å². The van der Waals surface area contributed by atoms with Gasteiger partial charge in [-0.15, -0.1) is 0 Å². The number of imidazole rings is 1. The maximum atomic E-state index is 5.90.